The number of hydrogen-bond acceptors (Lipinski definition) is 3. The molecule has 0 spiro atoms. The fraction of sp³-hybridized carbons (Fsp3) is 0.350. The molecule has 25 heavy (non-hydrogen) atoms. The second kappa shape index (κ2) is 9.08. The van der Waals surface area contributed by atoms with Crippen LogP contribution in [0.4, 0.5) is 5.69 Å². The highest BCUT2D eigenvalue weighted by Gasteiger charge is 2.14. The summed E-state index contributed by atoms with van der Waals surface area (Å²) in [5.41, 5.74) is 9.48. The molecule has 0 aliphatic heterocycles. The van der Waals surface area contributed by atoms with E-state index in [1.807, 2.05) is 38.4 Å². The molecule has 0 bridgehead atoms. The number of benzene rings is 2. The molecule has 0 fully saturated rings. The van der Waals surface area contributed by atoms with Crippen LogP contribution >= 0.6 is 0 Å². The van der Waals surface area contributed by atoms with Gasteiger partial charge >= 0.3 is 0 Å². The van der Waals surface area contributed by atoms with E-state index in [4.69, 9.17) is 10.5 Å². The average Bonchev–Trinajstić information content (AvgIpc) is 2.62. The Morgan fingerprint density at radius 2 is 1.92 bits per heavy atom. The van der Waals surface area contributed by atoms with Gasteiger partial charge in [0.25, 0.3) is 0 Å². The highest BCUT2D eigenvalue weighted by Crippen LogP contribution is 2.21. The van der Waals surface area contributed by atoms with Gasteiger partial charge in [0, 0.05) is 5.69 Å². The maximum absolute atomic E-state index is 6.07. The lowest BCUT2D eigenvalue weighted by Crippen LogP contribution is -2.27. The topological polar surface area (TPSA) is 62.9 Å². The van der Waals surface area contributed by atoms with Crippen LogP contribution in [0.25, 0.3) is 0 Å². The average molecular weight is 340 g/mol. The maximum atomic E-state index is 6.07. The van der Waals surface area contributed by atoms with Crippen molar-refractivity contribution >= 4 is 11.6 Å². The van der Waals surface area contributed by atoms with Crippen LogP contribution in [0, 0.1) is 0 Å². The minimum Gasteiger partial charge on any atom is -0.497 e. The van der Waals surface area contributed by atoms with Crippen molar-refractivity contribution in [2.75, 3.05) is 33.1 Å². The number of methoxy groups -OCH3 is 1. The number of nitrogens with zero attached hydrogens (tertiary/aromatic N) is 2. The number of guanidine groups is 1. The zero-order valence-electron chi connectivity index (χ0n) is 15.5. The molecule has 2 aromatic rings. The molecular weight excluding hydrogens is 312 g/mol. The molecule has 5 nitrogen and oxygen atoms in total. The summed E-state index contributed by atoms with van der Waals surface area (Å²) in [7, 11) is 5.75. The van der Waals surface area contributed by atoms with Crippen LogP contribution in [0.3, 0.4) is 0 Å². The Morgan fingerprint density at radius 1 is 1.20 bits per heavy atom. The summed E-state index contributed by atoms with van der Waals surface area (Å²) < 4.78 is 5.22. The fourth-order valence-electron chi connectivity index (χ4n) is 2.63. The van der Waals surface area contributed by atoms with Crippen molar-refractivity contribution in [1.29, 1.82) is 0 Å². The van der Waals surface area contributed by atoms with Gasteiger partial charge < -0.3 is 20.7 Å². The first-order valence-corrected chi connectivity index (χ1v) is 8.49. The van der Waals surface area contributed by atoms with Crippen molar-refractivity contribution in [3.05, 3.63) is 59.7 Å². The van der Waals surface area contributed by atoms with Gasteiger partial charge in [0.2, 0.25) is 0 Å². The summed E-state index contributed by atoms with van der Waals surface area (Å²) in [5.74, 6) is 1.27. The number of anilines is 1. The molecule has 2 aromatic carbocycles. The second-order valence-electron chi connectivity index (χ2n) is 6.16. The number of hydrogen-bond donors (Lipinski definition) is 2. The summed E-state index contributed by atoms with van der Waals surface area (Å²) in [6, 6.07) is 16.4. The van der Waals surface area contributed by atoms with Gasteiger partial charge in [-0.25, -0.2) is 0 Å². The first kappa shape index (κ1) is 18.8. The van der Waals surface area contributed by atoms with Crippen molar-refractivity contribution in [1.82, 2.24) is 4.90 Å². The first-order chi connectivity index (χ1) is 12.0. The minimum atomic E-state index is 0.147. The summed E-state index contributed by atoms with van der Waals surface area (Å²) in [6.45, 7) is 2.71. The maximum Gasteiger partial charge on any atom is 0.193 e. The molecule has 5 heteroatoms. The standard InChI is InChI=1S/C20H28N4O/c1-5-15-7-6-8-17(13-15)23-20(21)22-14-19(24(2)3)16-9-11-18(25-4)12-10-16/h6-13,19H,5,14H2,1-4H3,(H3,21,22,23). The van der Waals surface area contributed by atoms with E-state index in [9.17, 15) is 0 Å². The van der Waals surface area contributed by atoms with Gasteiger partial charge in [-0.1, -0.05) is 31.2 Å². The van der Waals surface area contributed by atoms with E-state index in [0.717, 1.165) is 17.9 Å². The van der Waals surface area contributed by atoms with E-state index in [0.29, 0.717) is 12.5 Å². The molecule has 0 amide bonds. The number of nitrogens with one attached hydrogen (secondary N) is 1. The molecule has 0 radical (unpaired) electrons. The lowest BCUT2D eigenvalue weighted by molar-refractivity contribution is 0.306. The highest BCUT2D eigenvalue weighted by atomic mass is 16.5. The molecule has 0 heterocycles. The predicted octanol–water partition coefficient (Wildman–Crippen LogP) is 3.29. The van der Waals surface area contributed by atoms with Crippen molar-refractivity contribution < 1.29 is 4.74 Å². The number of nitrogens with two attached hydrogens (primary N) is 1. The number of rotatable bonds is 7. The predicted molar refractivity (Wildman–Crippen MR) is 105 cm³/mol. The fourth-order valence-corrected chi connectivity index (χ4v) is 2.63. The van der Waals surface area contributed by atoms with Gasteiger partial charge in [-0.05, 0) is 55.9 Å². The van der Waals surface area contributed by atoms with Crippen molar-refractivity contribution in [2.24, 2.45) is 10.7 Å². The molecular formula is C20H28N4O. The van der Waals surface area contributed by atoms with E-state index in [2.05, 4.69) is 46.4 Å². The Bertz CT molecular complexity index is 695. The third kappa shape index (κ3) is 5.50. The summed E-state index contributed by atoms with van der Waals surface area (Å²) in [4.78, 5) is 6.66. The Morgan fingerprint density at radius 3 is 2.52 bits per heavy atom. The van der Waals surface area contributed by atoms with Crippen LogP contribution in [-0.2, 0) is 6.42 Å². The third-order valence-corrected chi connectivity index (χ3v) is 4.17. The molecule has 0 aromatic heterocycles. The highest BCUT2D eigenvalue weighted by molar-refractivity contribution is 5.92. The SMILES string of the molecule is CCc1cccc(NC(N)=NCC(c2ccc(OC)cc2)N(C)C)c1. The van der Waals surface area contributed by atoms with Gasteiger partial charge in [0.1, 0.15) is 5.75 Å². The van der Waals surface area contributed by atoms with Gasteiger partial charge in [0.05, 0.1) is 19.7 Å². The Hall–Kier alpha value is -2.53. The smallest absolute Gasteiger partial charge is 0.193 e. The Labute approximate surface area is 150 Å². The van der Waals surface area contributed by atoms with Crippen LogP contribution < -0.4 is 15.8 Å². The molecule has 1 unspecified atom stereocenters. The van der Waals surface area contributed by atoms with Crippen LogP contribution in [0.2, 0.25) is 0 Å². The van der Waals surface area contributed by atoms with Gasteiger partial charge in [0.15, 0.2) is 5.96 Å². The van der Waals surface area contributed by atoms with Gasteiger partial charge in [-0.3, -0.25) is 4.99 Å². The zero-order chi connectivity index (χ0) is 18.2. The van der Waals surface area contributed by atoms with Crippen LogP contribution in [0.1, 0.15) is 24.1 Å². The third-order valence-electron chi connectivity index (χ3n) is 4.17. The quantitative estimate of drug-likeness (QED) is 0.600. The molecule has 0 saturated heterocycles. The number of aryl methyl sites for hydroxylation is 1. The summed E-state index contributed by atoms with van der Waals surface area (Å²) in [5, 5.41) is 3.17. The van der Waals surface area contributed by atoms with E-state index in [1.54, 1.807) is 7.11 Å². The minimum absolute atomic E-state index is 0.147. The number of aliphatic imine (C=N–C) groups is 1. The van der Waals surface area contributed by atoms with Crippen LogP contribution in [-0.4, -0.2) is 38.6 Å². The van der Waals surface area contributed by atoms with Gasteiger partial charge in [-0.2, -0.15) is 0 Å². The molecule has 0 aliphatic rings. The van der Waals surface area contributed by atoms with E-state index >= 15 is 0 Å². The lowest BCUT2D eigenvalue weighted by atomic mass is 10.1. The molecule has 3 N–H and O–H groups in total. The monoisotopic (exact) mass is 340 g/mol. The lowest BCUT2D eigenvalue weighted by Gasteiger charge is -2.23. The van der Waals surface area contributed by atoms with Crippen molar-refractivity contribution in [3.63, 3.8) is 0 Å². The summed E-state index contributed by atoms with van der Waals surface area (Å²) >= 11 is 0. The molecule has 2 rings (SSSR count). The Balaban J connectivity index is 2.06. The van der Waals surface area contributed by atoms with Crippen LogP contribution in [0.15, 0.2) is 53.5 Å². The van der Waals surface area contributed by atoms with E-state index in [-0.39, 0.29) is 6.04 Å². The van der Waals surface area contributed by atoms with Crippen LogP contribution in [0.5, 0.6) is 5.75 Å². The van der Waals surface area contributed by atoms with E-state index < -0.39 is 0 Å². The molecule has 134 valence electrons. The number of likely N-dealkylation sites (N-methyl/N-ethyl adjacent to an activating group) is 1. The first-order valence-electron chi connectivity index (χ1n) is 8.49. The van der Waals surface area contributed by atoms with Crippen molar-refractivity contribution in [2.45, 2.75) is 19.4 Å². The largest absolute Gasteiger partial charge is 0.497 e. The van der Waals surface area contributed by atoms with Gasteiger partial charge in [-0.15, -0.1) is 0 Å². The molecule has 0 saturated carbocycles. The van der Waals surface area contributed by atoms with Crippen molar-refractivity contribution in [3.8, 4) is 5.75 Å². The number of ether oxygens (including phenoxy) is 1. The van der Waals surface area contributed by atoms with E-state index in [1.165, 1.54) is 11.1 Å². The second-order valence-corrected chi connectivity index (χ2v) is 6.16. The zero-order valence-corrected chi connectivity index (χ0v) is 15.5. The summed E-state index contributed by atoms with van der Waals surface area (Å²) in [6.07, 6.45) is 0.993. The molecule has 0 aliphatic carbocycles. The molecule has 1 atom stereocenters. The normalized spacial score (nSPS) is 12.9. The Kier molecular flexibility index (Phi) is 6.83.